The maximum absolute atomic E-state index is 5.75. The third kappa shape index (κ3) is 1.15. The highest BCUT2D eigenvalue weighted by Gasteiger charge is 2.12. The lowest BCUT2D eigenvalue weighted by molar-refractivity contribution is 0.783. The molecule has 0 aliphatic rings. The standard InChI is InChI=1S/C8H12N6/c1-3(2)7-11-5(9)4-6(10)13-14-8(4)12-7/h3H,1-2H3,(H5,9,10,11,12,13,14). The molecule has 2 heterocycles. The second-order valence-corrected chi connectivity index (χ2v) is 3.46. The summed E-state index contributed by atoms with van der Waals surface area (Å²) in [5.74, 6) is 1.69. The highest BCUT2D eigenvalue weighted by atomic mass is 15.2. The monoisotopic (exact) mass is 192 g/mol. The molecule has 0 aliphatic carbocycles. The van der Waals surface area contributed by atoms with Gasteiger partial charge in [0.1, 0.15) is 22.8 Å². The SMILES string of the molecule is CC(C)c1nc(N)c2c(N)[nH]nc2n1. The molecule has 0 atom stereocenters. The summed E-state index contributed by atoms with van der Waals surface area (Å²) in [6.45, 7) is 3.99. The predicted molar refractivity (Wildman–Crippen MR) is 54.6 cm³/mol. The van der Waals surface area contributed by atoms with E-state index in [1.54, 1.807) is 0 Å². The lowest BCUT2D eigenvalue weighted by Gasteiger charge is -2.04. The van der Waals surface area contributed by atoms with Crippen molar-refractivity contribution in [2.24, 2.45) is 0 Å². The molecule has 0 radical (unpaired) electrons. The first-order valence-electron chi connectivity index (χ1n) is 4.36. The van der Waals surface area contributed by atoms with Gasteiger partial charge in [-0.05, 0) is 0 Å². The van der Waals surface area contributed by atoms with Crippen molar-refractivity contribution in [2.45, 2.75) is 19.8 Å². The van der Waals surface area contributed by atoms with Gasteiger partial charge < -0.3 is 11.5 Å². The summed E-state index contributed by atoms with van der Waals surface area (Å²) < 4.78 is 0. The van der Waals surface area contributed by atoms with Crippen LogP contribution in [0.15, 0.2) is 0 Å². The second kappa shape index (κ2) is 2.83. The molecular formula is C8H12N6. The minimum atomic E-state index is 0.222. The average Bonchev–Trinajstić information content (AvgIpc) is 2.48. The average molecular weight is 192 g/mol. The number of aromatic amines is 1. The summed E-state index contributed by atoms with van der Waals surface area (Å²) in [7, 11) is 0. The molecule has 0 aromatic carbocycles. The molecule has 0 saturated heterocycles. The van der Waals surface area contributed by atoms with Crippen LogP contribution < -0.4 is 11.5 Å². The Balaban J connectivity index is 2.74. The maximum Gasteiger partial charge on any atom is 0.188 e. The summed E-state index contributed by atoms with van der Waals surface area (Å²) >= 11 is 0. The highest BCUT2D eigenvalue weighted by Crippen LogP contribution is 2.23. The molecule has 5 N–H and O–H groups in total. The first-order valence-corrected chi connectivity index (χ1v) is 4.36. The topological polar surface area (TPSA) is 106 Å². The van der Waals surface area contributed by atoms with Gasteiger partial charge in [0.15, 0.2) is 5.65 Å². The Morgan fingerprint density at radius 3 is 2.57 bits per heavy atom. The zero-order chi connectivity index (χ0) is 10.3. The third-order valence-corrected chi connectivity index (χ3v) is 2.00. The van der Waals surface area contributed by atoms with Crippen molar-refractivity contribution < 1.29 is 0 Å². The third-order valence-electron chi connectivity index (χ3n) is 2.00. The van der Waals surface area contributed by atoms with Crippen LogP contribution in [-0.4, -0.2) is 20.2 Å². The van der Waals surface area contributed by atoms with Crippen molar-refractivity contribution >= 4 is 22.7 Å². The van der Waals surface area contributed by atoms with Crippen LogP contribution in [-0.2, 0) is 0 Å². The van der Waals surface area contributed by atoms with Gasteiger partial charge in [0.05, 0.1) is 0 Å². The van der Waals surface area contributed by atoms with Crippen LogP contribution in [0.4, 0.5) is 11.6 Å². The Bertz CT molecular complexity index is 472. The van der Waals surface area contributed by atoms with Crippen molar-refractivity contribution in [3.8, 4) is 0 Å². The van der Waals surface area contributed by atoms with E-state index >= 15 is 0 Å². The molecule has 6 nitrogen and oxygen atoms in total. The van der Waals surface area contributed by atoms with Gasteiger partial charge in [-0.1, -0.05) is 13.8 Å². The maximum atomic E-state index is 5.75. The Hall–Kier alpha value is -1.85. The molecule has 0 amide bonds. The summed E-state index contributed by atoms with van der Waals surface area (Å²) in [6.07, 6.45) is 0. The molecule has 14 heavy (non-hydrogen) atoms. The van der Waals surface area contributed by atoms with E-state index in [0.717, 1.165) is 0 Å². The summed E-state index contributed by atoms with van der Waals surface area (Å²) in [5.41, 5.74) is 11.9. The van der Waals surface area contributed by atoms with Crippen LogP contribution >= 0.6 is 0 Å². The Kier molecular flexibility index (Phi) is 1.77. The van der Waals surface area contributed by atoms with Gasteiger partial charge in [0, 0.05) is 5.92 Å². The highest BCUT2D eigenvalue weighted by molar-refractivity contribution is 5.94. The fraction of sp³-hybridized carbons (Fsp3) is 0.375. The number of anilines is 2. The van der Waals surface area contributed by atoms with E-state index in [2.05, 4.69) is 20.2 Å². The van der Waals surface area contributed by atoms with Gasteiger partial charge in [0.25, 0.3) is 0 Å². The van der Waals surface area contributed by atoms with E-state index in [0.29, 0.717) is 28.5 Å². The molecule has 6 heteroatoms. The van der Waals surface area contributed by atoms with Crippen LogP contribution in [0, 0.1) is 0 Å². The lowest BCUT2D eigenvalue weighted by atomic mass is 10.2. The quantitative estimate of drug-likeness (QED) is 0.614. The van der Waals surface area contributed by atoms with Crippen molar-refractivity contribution in [2.75, 3.05) is 11.5 Å². The van der Waals surface area contributed by atoms with Gasteiger partial charge >= 0.3 is 0 Å². The minimum absolute atomic E-state index is 0.222. The fourth-order valence-corrected chi connectivity index (χ4v) is 1.25. The molecule has 0 saturated carbocycles. The number of rotatable bonds is 1. The smallest absolute Gasteiger partial charge is 0.188 e. The van der Waals surface area contributed by atoms with Gasteiger partial charge in [0.2, 0.25) is 0 Å². The van der Waals surface area contributed by atoms with Crippen molar-refractivity contribution in [1.29, 1.82) is 0 Å². The molecule has 2 aromatic rings. The van der Waals surface area contributed by atoms with E-state index in [1.807, 2.05) is 13.8 Å². The van der Waals surface area contributed by atoms with E-state index in [-0.39, 0.29) is 5.92 Å². The fourth-order valence-electron chi connectivity index (χ4n) is 1.25. The Morgan fingerprint density at radius 1 is 1.21 bits per heavy atom. The zero-order valence-electron chi connectivity index (χ0n) is 8.07. The van der Waals surface area contributed by atoms with Crippen molar-refractivity contribution in [1.82, 2.24) is 20.2 Å². The summed E-state index contributed by atoms with van der Waals surface area (Å²) in [5, 5.41) is 7.18. The number of aromatic nitrogens is 4. The van der Waals surface area contributed by atoms with E-state index < -0.39 is 0 Å². The van der Waals surface area contributed by atoms with Crippen LogP contribution in [0.2, 0.25) is 0 Å². The normalized spacial score (nSPS) is 11.4. The van der Waals surface area contributed by atoms with Crippen LogP contribution in [0.5, 0.6) is 0 Å². The lowest BCUT2D eigenvalue weighted by Crippen LogP contribution is -2.02. The van der Waals surface area contributed by atoms with Gasteiger partial charge in [-0.2, -0.15) is 5.10 Å². The number of fused-ring (bicyclic) bond motifs is 1. The molecular weight excluding hydrogens is 180 g/mol. The Labute approximate surface area is 80.7 Å². The van der Waals surface area contributed by atoms with E-state index in [9.17, 15) is 0 Å². The molecule has 74 valence electrons. The van der Waals surface area contributed by atoms with Crippen LogP contribution in [0.1, 0.15) is 25.6 Å². The van der Waals surface area contributed by atoms with Crippen molar-refractivity contribution in [3.63, 3.8) is 0 Å². The van der Waals surface area contributed by atoms with Gasteiger partial charge in [-0.15, -0.1) is 0 Å². The van der Waals surface area contributed by atoms with Crippen LogP contribution in [0.3, 0.4) is 0 Å². The zero-order valence-corrected chi connectivity index (χ0v) is 8.07. The van der Waals surface area contributed by atoms with Gasteiger partial charge in [-0.3, -0.25) is 5.10 Å². The van der Waals surface area contributed by atoms with Gasteiger partial charge in [-0.25, -0.2) is 9.97 Å². The molecule has 0 bridgehead atoms. The molecule has 2 rings (SSSR count). The second-order valence-electron chi connectivity index (χ2n) is 3.46. The number of hydrogen-bond donors (Lipinski definition) is 3. The number of H-pyrrole nitrogens is 1. The first kappa shape index (κ1) is 8.74. The summed E-state index contributed by atoms with van der Waals surface area (Å²) in [6, 6.07) is 0. The molecule has 2 aromatic heterocycles. The number of nitrogen functional groups attached to an aromatic ring is 2. The van der Waals surface area contributed by atoms with E-state index in [1.165, 1.54) is 0 Å². The number of nitrogens with zero attached hydrogens (tertiary/aromatic N) is 3. The number of hydrogen-bond acceptors (Lipinski definition) is 5. The van der Waals surface area contributed by atoms with Crippen LogP contribution in [0.25, 0.3) is 11.0 Å². The number of nitrogens with one attached hydrogen (secondary N) is 1. The minimum Gasteiger partial charge on any atom is -0.383 e. The van der Waals surface area contributed by atoms with Crippen molar-refractivity contribution in [3.05, 3.63) is 5.82 Å². The molecule has 0 fully saturated rings. The predicted octanol–water partition coefficient (Wildman–Crippen LogP) is 0.641. The number of nitrogens with two attached hydrogens (primary N) is 2. The largest absolute Gasteiger partial charge is 0.383 e. The molecule has 0 spiro atoms. The molecule has 0 aliphatic heterocycles. The Morgan fingerprint density at radius 2 is 1.93 bits per heavy atom. The van der Waals surface area contributed by atoms with E-state index in [4.69, 9.17) is 11.5 Å². The first-order chi connectivity index (χ1) is 6.59. The molecule has 0 unspecified atom stereocenters. The summed E-state index contributed by atoms with van der Waals surface area (Å²) in [4.78, 5) is 8.40.